The molecule has 0 unspecified atom stereocenters. The number of aromatic nitrogens is 2. The number of nitrogens with one attached hydrogen (secondary N) is 1. The van der Waals surface area contributed by atoms with Crippen molar-refractivity contribution in [2.45, 2.75) is 12.8 Å². The predicted octanol–water partition coefficient (Wildman–Crippen LogP) is 1.92. The van der Waals surface area contributed by atoms with E-state index in [9.17, 15) is 4.39 Å². The van der Waals surface area contributed by atoms with E-state index in [0.29, 0.717) is 5.95 Å². The molecule has 0 spiro atoms. The Morgan fingerprint density at radius 2 is 2.24 bits per heavy atom. The van der Waals surface area contributed by atoms with Gasteiger partial charge in [0.1, 0.15) is 0 Å². The van der Waals surface area contributed by atoms with Crippen LogP contribution in [-0.2, 0) is 12.8 Å². The zero-order valence-electron chi connectivity index (χ0n) is 9.53. The van der Waals surface area contributed by atoms with Crippen LogP contribution in [0.25, 0.3) is 0 Å². The molecule has 1 aromatic carbocycles. The largest absolute Gasteiger partial charge is 0.494 e. The number of nitrogens with two attached hydrogens (primary N) is 1. The number of anilines is 1. The summed E-state index contributed by atoms with van der Waals surface area (Å²) in [6.45, 7) is 0. The predicted molar refractivity (Wildman–Crippen MR) is 63.4 cm³/mol. The number of H-pyrrole nitrogens is 1. The van der Waals surface area contributed by atoms with Crippen molar-refractivity contribution in [1.82, 2.24) is 9.97 Å². The number of hydrogen-bond acceptors (Lipinski definition) is 3. The summed E-state index contributed by atoms with van der Waals surface area (Å²) in [6.07, 6.45) is 3.16. The van der Waals surface area contributed by atoms with Crippen LogP contribution in [0.3, 0.4) is 0 Å². The van der Waals surface area contributed by atoms with Crippen molar-refractivity contribution in [3.05, 3.63) is 41.5 Å². The minimum Gasteiger partial charge on any atom is -0.494 e. The second-order valence-electron chi connectivity index (χ2n) is 3.76. The maximum absolute atomic E-state index is 13.4. The van der Waals surface area contributed by atoms with Crippen molar-refractivity contribution < 1.29 is 9.13 Å². The Bertz CT molecular complexity index is 510. The highest BCUT2D eigenvalue weighted by molar-refractivity contribution is 5.30. The molecule has 17 heavy (non-hydrogen) atoms. The number of hydrogen-bond donors (Lipinski definition) is 2. The van der Waals surface area contributed by atoms with Gasteiger partial charge < -0.3 is 15.5 Å². The maximum atomic E-state index is 13.4. The van der Waals surface area contributed by atoms with E-state index in [0.717, 1.165) is 24.1 Å². The molecule has 0 saturated heterocycles. The Hall–Kier alpha value is -2.04. The fourth-order valence-corrected chi connectivity index (χ4v) is 1.65. The van der Waals surface area contributed by atoms with Crippen molar-refractivity contribution in [2.24, 2.45) is 0 Å². The van der Waals surface area contributed by atoms with E-state index in [2.05, 4.69) is 9.97 Å². The Balaban J connectivity index is 2.02. The molecule has 4 nitrogen and oxygen atoms in total. The number of aryl methyl sites for hydroxylation is 2. The number of ether oxygens (including phenoxy) is 1. The maximum Gasteiger partial charge on any atom is 0.197 e. The SMILES string of the molecule is COc1ccc(CCc2cnc(N)[nH]2)cc1F. The van der Waals surface area contributed by atoms with Crippen LogP contribution >= 0.6 is 0 Å². The van der Waals surface area contributed by atoms with Gasteiger partial charge in [-0.25, -0.2) is 9.37 Å². The molecular weight excluding hydrogens is 221 g/mol. The van der Waals surface area contributed by atoms with Gasteiger partial charge in [0.25, 0.3) is 0 Å². The van der Waals surface area contributed by atoms with Crippen molar-refractivity contribution >= 4 is 5.95 Å². The Kier molecular flexibility index (Phi) is 3.27. The van der Waals surface area contributed by atoms with Crippen LogP contribution in [0.1, 0.15) is 11.3 Å². The van der Waals surface area contributed by atoms with Gasteiger partial charge in [-0.05, 0) is 30.5 Å². The molecule has 0 amide bonds. The summed E-state index contributed by atoms with van der Waals surface area (Å²) in [7, 11) is 1.45. The topological polar surface area (TPSA) is 63.9 Å². The van der Waals surface area contributed by atoms with Crippen LogP contribution in [0, 0.1) is 5.82 Å². The van der Waals surface area contributed by atoms with E-state index in [1.807, 2.05) is 6.07 Å². The Morgan fingerprint density at radius 1 is 1.41 bits per heavy atom. The summed E-state index contributed by atoms with van der Waals surface area (Å²) in [4.78, 5) is 6.83. The van der Waals surface area contributed by atoms with Gasteiger partial charge in [-0.2, -0.15) is 0 Å². The Labute approximate surface area is 98.6 Å². The average Bonchev–Trinajstić information content (AvgIpc) is 2.73. The fourth-order valence-electron chi connectivity index (χ4n) is 1.65. The van der Waals surface area contributed by atoms with Crippen molar-refractivity contribution in [3.8, 4) is 5.75 Å². The lowest BCUT2D eigenvalue weighted by molar-refractivity contribution is 0.386. The first kappa shape index (κ1) is 11.4. The Morgan fingerprint density at radius 3 is 2.82 bits per heavy atom. The molecule has 0 fully saturated rings. The highest BCUT2D eigenvalue weighted by Crippen LogP contribution is 2.18. The van der Waals surface area contributed by atoms with Crippen LogP contribution in [0.15, 0.2) is 24.4 Å². The van der Waals surface area contributed by atoms with Gasteiger partial charge in [-0.15, -0.1) is 0 Å². The van der Waals surface area contributed by atoms with E-state index >= 15 is 0 Å². The first-order valence-electron chi connectivity index (χ1n) is 5.31. The number of halogens is 1. The molecule has 0 aliphatic rings. The molecule has 90 valence electrons. The molecule has 0 atom stereocenters. The second-order valence-corrected chi connectivity index (χ2v) is 3.76. The number of nitrogens with zero attached hydrogens (tertiary/aromatic N) is 1. The number of aromatic amines is 1. The number of rotatable bonds is 4. The number of methoxy groups -OCH3 is 1. The quantitative estimate of drug-likeness (QED) is 0.851. The van der Waals surface area contributed by atoms with Gasteiger partial charge in [-0.1, -0.05) is 6.07 Å². The van der Waals surface area contributed by atoms with Gasteiger partial charge in [0, 0.05) is 5.69 Å². The first-order chi connectivity index (χ1) is 8.19. The lowest BCUT2D eigenvalue weighted by atomic mass is 10.1. The minimum absolute atomic E-state index is 0.263. The van der Waals surface area contributed by atoms with Crippen LogP contribution in [0.2, 0.25) is 0 Å². The third-order valence-corrected chi connectivity index (χ3v) is 2.55. The van der Waals surface area contributed by atoms with E-state index < -0.39 is 0 Å². The van der Waals surface area contributed by atoms with Crippen LogP contribution < -0.4 is 10.5 Å². The monoisotopic (exact) mass is 235 g/mol. The second kappa shape index (κ2) is 4.86. The van der Waals surface area contributed by atoms with Gasteiger partial charge >= 0.3 is 0 Å². The number of nitrogen functional groups attached to an aromatic ring is 1. The van der Waals surface area contributed by atoms with E-state index in [1.54, 1.807) is 12.3 Å². The average molecular weight is 235 g/mol. The van der Waals surface area contributed by atoms with Gasteiger partial charge in [-0.3, -0.25) is 0 Å². The van der Waals surface area contributed by atoms with Gasteiger partial charge in [0.15, 0.2) is 17.5 Å². The van der Waals surface area contributed by atoms with Gasteiger partial charge in [0.2, 0.25) is 0 Å². The number of imidazole rings is 1. The molecule has 2 rings (SSSR count). The summed E-state index contributed by atoms with van der Waals surface area (Å²) in [6, 6.07) is 4.96. The molecule has 3 N–H and O–H groups in total. The van der Waals surface area contributed by atoms with Crippen molar-refractivity contribution in [2.75, 3.05) is 12.8 Å². The zero-order valence-corrected chi connectivity index (χ0v) is 9.53. The standard InChI is InChI=1S/C12H14FN3O/c1-17-11-5-3-8(6-10(11)13)2-4-9-7-15-12(14)16-9/h3,5-7H,2,4H2,1H3,(H3,14,15,16). The molecule has 0 saturated carbocycles. The molecule has 5 heteroatoms. The highest BCUT2D eigenvalue weighted by Gasteiger charge is 2.04. The third kappa shape index (κ3) is 2.75. The summed E-state index contributed by atoms with van der Waals surface area (Å²) >= 11 is 0. The molecule has 0 radical (unpaired) electrons. The van der Waals surface area contributed by atoms with E-state index in [4.69, 9.17) is 10.5 Å². The smallest absolute Gasteiger partial charge is 0.197 e. The van der Waals surface area contributed by atoms with E-state index in [-0.39, 0.29) is 11.6 Å². The first-order valence-corrected chi connectivity index (χ1v) is 5.31. The number of benzene rings is 1. The lowest BCUT2D eigenvalue weighted by Crippen LogP contribution is -1.95. The van der Waals surface area contributed by atoms with E-state index in [1.165, 1.54) is 13.2 Å². The molecule has 2 aromatic rings. The van der Waals surface area contributed by atoms with Crippen molar-refractivity contribution in [3.63, 3.8) is 0 Å². The molecule has 0 bridgehead atoms. The van der Waals surface area contributed by atoms with Crippen LogP contribution in [0.5, 0.6) is 5.75 Å². The van der Waals surface area contributed by atoms with Crippen LogP contribution in [-0.4, -0.2) is 17.1 Å². The normalized spacial score (nSPS) is 10.5. The molecule has 1 aromatic heterocycles. The minimum atomic E-state index is -0.339. The summed E-state index contributed by atoms with van der Waals surface area (Å²) in [5.41, 5.74) is 7.32. The summed E-state index contributed by atoms with van der Waals surface area (Å²) < 4.78 is 18.3. The molecule has 0 aliphatic heterocycles. The highest BCUT2D eigenvalue weighted by atomic mass is 19.1. The molecule has 0 aliphatic carbocycles. The summed E-state index contributed by atoms with van der Waals surface area (Å²) in [5, 5.41) is 0. The zero-order chi connectivity index (χ0) is 12.3. The lowest BCUT2D eigenvalue weighted by Gasteiger charge is -2.04. The van der Waals surface area contributed by atoms with Gasteiger partial charge in [0.05, 0.1) is 13.3 Å². The summed E-state index contributed by atoms with van der Waals surface area (Å²) in [5.74, 6) is 0.328. The van der Waals surface area contributed by atoms with Crippen molar-refractivity contribution in [1.29, 1.82) is 0 Å². The molecular formula is C12H14FN3O. The van der Waals surface area contributed by atoms with Crippen LogP contribution in [0.4, 0.5) is 10.3 Å². The third-order valence-electron chi connectivity index (χ3n) is 2.55. The fraction of sp³-hybridized carbons (Fsp3) is 0.250. The molecule has 1 heterocycles.